The Morgan fingerprint density at radius 3 is 0.894 bits per heavy atom. The summed E-state index contributed by atoms with van der Waals surface area (Å²) in [6.45, 7) is 4.79. The fourth-order valence-corrected chi connectivity index (χ4v) is 14.4. The van der Waals surface area contributed by atoms with Gasteiger partial charge in [0.2, 0.25) is 0 Å². The zero-order chi connectivity index (χ0) is 70.8. The van der Waals surface area contributed by atoms with Crippen molar-refractivity contribution in [3.63, 3.8) is 0 Å². The first-order valence-corrected chi connectivity index (χ1v) is 38.2. The van der Waals surface area contributed by atoms with E-state index in [0.29, 0.717) is 30.8 Å². The summed E-state index contributed by atoms with van der Waals surface area (Å²) >= 11 is 3.53. The predicted octanol–water partition coefficient (Wildman–Crippen LogP) is 24.8. The van der Waals surface area contributed by atoms with E-state index in [1.807, 2.05) is 104 Å². The van der Waals surface area contributed by atoms with Gasteiger partial charge in [-0.05, 0) is 199 Å². The summed E-state index contributed by atoms with van der Waals surface area (Å²) < 4.78 is 5.58. The molecule has 0 saturated carbocycles. The molecular weight excluding hydrogens is 1310 g/mol. The van der Waals surface area contributed by atoms with Gasteiger partial charge in [0.25, 0.3) is 0 Å². The maximum Gasteiger partial charge on any atom is 0.119 e. The molecule has 104 heavy (non-hydrogen) atoms. The third kappa shape index (κ3) is 16.8. The molecule has 4 saturated heterocycles. The highest BCUT2D eigenvalue weighted by Crippen LogP contribution is 2.46. The van der Waals surface area contributed by atoms with Crippen molar-refractivity contribution < 1.29 is 4.74 Å². The molecule has 0 radical (unpaired) electrons. The average Bonchev–Trinajstić information content (AvgIpc) is 0.774. The molecule has 0 spiro atoms. The molecule has 0 amide bonds. The number of aliphatic imine (C=N–C) groups is 4. The highest BCUT2D eigenvalue weighted by molar-refractivity contribution is 7.98. The van der Waals surface area contributed by atoms with Crippen LogP contribution in [0, 0.1) is 6.92 Å². The average molecular weight is 1390 g/mol. The van der Waals surface area contributed by atoms with Gasteiger partial charge in [-0.25, -0.2) is 20.0 Å². The third-order valence-corrected chi connectivity index (χ3v) is 20.6. The second-order valence-electron chi connectivity index (χ2n) is 25.8. The third-order valence-electron chi connectivity index (χ3n) is 19.1. The monoisotopic (exact) mass is 1390 g/mol. The van der Waals surface area contributed by atoms with Crippen molar-refractivity contribution in [3.05, 3.63) is 380 Å². The minimum atomic E-state index is 0.308. The number of benzene rings is 13. The Labute approximate surface area is 621 Å². The van der Waals surface area contributed by atoms with Crippen molar-refractivity contribution in [1.29, 1.82) is 0 Å². The molecular formula is C93H84N8OS2. The minimum Gasteiger partial charge on any atom is -0.494 e. The van der Waals surface area contributed by atoms with E-state index in [0.717, 1.165) is 83.2 Å². The fraction of sp³-hybridized carbons (Fsp3) is 0.140. The molecule has 9 nitrogen and oxygen atoms in total. The van der Waals surface area contributed by atoms with Crippen LogP contribution in [-0.2, 0) is 0 Å². The number of thioether (sulfide) groups is 2. The zero-order valence-electron chi connectivity index (χ0n) is 59.1. The standard InChI is InChI=1S/C26H22N2S.C23H22N2O.C22H20N2S.C22H20N2/c1-29-24-15-13-23(14-16-24)28-25(18-26(28)27-22-9-3-2-4-10-22)21-12-11-19-7-5-6-8-20(19)17-21;1-2-26-21-15-13-20(14-16-21)25-22(18-9-5-3-6-10-18)17-23(25)24-19-11-7-4-8-12-19;1-25-20-14-12-19(13-15-20)24-21(17-8-4-2-5-9-17)16-22(24)23-18-10-6-3-7-11-18;1-17-12-14-20(15-13-17)24-21(18-8-4-2-5-9-18)16-22(24)23-19-10-6-3-7-11-19/h2-17,25H,18H2,1H3;3-16,22H,2,17H2,1H3;2-15,21H,16H2,1H3;2-15,21H,16H2,1H3. The number of rotatable bonds is 16. The summed E-state index contributed by atoms with van der Waals surface area (Å²) in [5.74, 6) is 5.35. The van der Waals surface area contributed by atoms with E-state index in [1.54, 1.807) is 23.5 Å². The number of anilines is 4. The van der Waals surface area contributed by atoms with Crippen LogP contribution in [-0.4, -0.2) is 42.5 Å². The number of nitrogens with zero attached hydrogens (tertiary/aromatic N) is 8. The van der Waals surface area contributed by atoms with Crippen molar-refractivity contribution in [3.8, 4) is 5.75 Å². The Morgan fingerprint density at radius 1 is 0.298 bits per heavy atom. The molecule has 17 rings (SSSR count). The van der Waals surface area contributed by atoms with Gasteiger partial charge in [0.15, 0.2) is 0 Å². The number of amidine groups is 4. The largest absolute Gasteiger partial charge is 0.494 e. The molecule has 4 atom stereocenters. The highest BCUT2D eigenvalue weighted by Gasteiger charge is 2.40. The van der Waals surface area contributed by atoms with Gasteiger partial charge in [0.1, 0.15) is 29.1 Å². The van der Waals surface area contributed by atoms with Gasteiger partial charge in [0, 0.05) is 58.2 Å². The maximum atomic E-state index is 5.58. The lowest BCUT2D eigenvalue weighted by Gasteiger charge is -2.44. The summed E-state index contributed by atoms with van der Waals surface area (Å²) in [7, 11) is 0. The molecule has 4 fully saturated rings. The Hall–Kier alpha value is -11.5. The Morgan fingerprint density at radius 2 is 0.577 bits per heavy atom. The van der Waals surface area contributed by atoms with Gasteiger partial charge in [-0.1, -0.05) is 218 Å². The van der Waals surface area contributed by atoms with Crippen LogP contribution >= 0.6 is 23.5 Å². The second-order valence-corrected chi connectivity index (χ2v) is 27.6. The van der Waals surface area contributed by atoms with Gasteiger partial charge in [-0.2, -0.15) is 0 Å². The molecule has 0 aromatic heterocycles. The van der Waals surface area contributed by atoms with E-state index in [4.69, 9.17) is 24.7 Å². The molecule has 13 aromatic rings. The first-order valence-electron chi connectivity index (χ1n) is 35.7. The van der Waals surface area contributed by atoms with Crippen LogP contribution < -0.4 is 24.3 Å². The van der Waals surface area contributed by atoms with E-state index in [9.17, 15) is 0 Å². The van der Waals surface area contributed by atoms with E-state index in [1.165, 1.54) is 65.4 Å². The van der Waals surface area contributed by atoms with Gasteiger partial charge in [-0.15, -0.1) is 23.5 Å². The van der Waals surface area contributed by atoms with Crippen molar-refractivity contribution in [2.45, 2.75) is 73.5 Å². The van der Waals surface area contributed by atoms with Crippen molar-refractivity contribution in [2.75, 3.05) is 38.7 Å². The Kier molecular flexibility index (Phi) is 22.7. The van der Waals surface area contributed by atoms with Crippen LogP contribution in [0.5, 0.6) is 5.75 Å². The quantitative estimate of drug-likeness (QED) is 0.0893. The molecule has 4 aliphatic rings. The van der Waals surface area contributed by atoms with Gasteiger partial charge in [0.05, 0.1) is 53.5 Å². The van der Waals surface area contributed by atoms with Crippen molar-refractivity contribution in [2.24, 2.45) is 20.0 Å². The number of fused-ring (bicyclic) bond motifs is 1. The molecule has 4 heterocycles. The minimum absolute atomic E-state index is 0.308. The molecule has 4 aliphatic heterocycles. The molecule has 0 aliphatic carbocycles. The van der Waals surface area contributed by atoms with Crippen LogP contribution in [0.4, 0.5) is 45.5 Å². The van der Waals surface area contributed by atoms with Gasteiger partial charge >= 0.3 is 0 Å². The molecule has 514 valence electrons. The topological polar surface area (TPSA) is 71.6 Å². The molecule has 0 bridgehead atoms. The highest BCUT2D eigenvalue weighted by atomic mass is 32.2. The van der Waals surface area contributed by atoms with Crippen LogP contribution in [0.15, 0.2) is 382 Å². The lowest BCUT2D eigenvalue weighted by molar-refractivity contribution is 0.340. The first kappa shape index (κ1) is 69.6. The van der Waals surface area contributed by atoms with E-state index in [2.05, 4.69) is 294 Å². The fourth-order valence-electron chi connectivity index (χ4n) is 13.6. The summed E-state index contributed by atoms with van der Waals surface area (Å²) in [6, 6.07) is 124. The summed E-state index contributed by atoms with van der Waals surface area (Å²) in [5.41, 5.74) is 15.4. The van der Waals surface area contributed by atoms with Gasteiger partial charge in [-0.3, -0.25) is 0 Å². The van der Waals surface area contributed by atoms with E-state index in [-0.39, 0.29) is 0 Å². The van der Waals surface area contributed by atoms with Crippen LogP contribution in [0.1, 0.15) is 84.6 Å². The second kappa shape index (κ2) is 34.0. The maximum absolute atomic E-state index is 5.58. The van der Waals surface area contributed by atoms with Crippen molar-refractivity contribution >= 4 is 103 Å². The Balaban J connectivity index is 0.000000117. The number of para-hydroxylation sites is 4. The van der Waals surface area contributed by atoms with Crippen molar-refractivity contribution in [1.82, 2.24) is 0 Å². The lowest BCUT2D eigenvalue weighted by atomic mass is 9.91. The van der Waals surface area contributed by atoms with E-state index >= 15 is 0 Å². The summed E-state index contributed by atoms with van der Waals surface area (Å²) in [5, 5.41) is 2.57. The van der Waals surface area contributed by atoms with Crippen LogP contribution in [0.2, 0.25) is 0 Å². The number of hydrogen-bond acceptors (Lipinski definition) is 7. The van der Waals surface area contributed by atoms with Crippen LogP contribution in [0.3, 0.4) is 0 Å². The van der Waals surface area contributed by atoms with Crippen LogP contribution in [0.25, 0.3) is 10.8 Å². The van der Waals surface area contributed by atoms with Gasteiger partial charge < -0.3 is 24.3 Å². The normalized spacial score (nSPS) is 18.0. The number of ether oxygens (including phenoxy) is 1. The summed E-state index contributed by atoms with van der Waals surface area (Å²) in [4.78, 5) is 31.5. The number of hydrogen-bond donors (Lipinski definition) is 0. The Bertz CT molecular complexity index is 5020. The molecule has 11 heteroatoms. The zero-order valence-corrected chi connectivity index (χ0v) is 60.8. The molecule has 4 unspecified atom stereocenters. The predicted molar refractivity (Wildman–Crippen MR) is 442 cm³/mol. The number of aryl methyl sites for hydroxylation is 1. The molecule has 13 aromatic carbocycles. The smallest absolute Gasteiger partial charge is 0.119 e. The van der Waals surface area contributed by atoms with E-state index < -0.39 is 0 Å². The first-order chi connectivity index (χ1) is 51.3. The summed E-state index contributed by atoms with van der Waals surface area (Å²) in [6.07, 6.45) is 8.02. The SMILES string of the molecule is CCOc1ccc(N2C(=Nc3ccccc3)CC2c2ccccc2)cc1.CSc1ccc(N2C(=Nc3ccccc3)CC2c2ccc3ccccc3c2)cc1.CSc1ccc(N2C(=Nc3ccccc3)CC2c2ccccc2)cc1.Cc1ccc(N2C(=Nc3ccccc3)CC2c2ccccc2)cc1. The molecule has 0 N–H and O–H groups in total. The lowest BCUT2D eigenvalue weighted by Crippen LogP contribution is -2.46.